The minimum Gasteiger partial charge on any atom is -0.480 e. The molecule has 0 aliphatic rings. The second-order valence-corrected chi connectivity index (χ2v) is 5.17. The lowest BCUT2D eigenvalue weighted by molar-refractivity contribution is -0.385. The zero-order chi connectivity index (χ0) is 16.0. The Hall–Kier alpha value is -2.16. The monoisotopic (exact) mass is 316 g/mol. The molecule has 0 radical (unpaired) electrons. The van der Waals surface area contributed by atoms with Crippen LogP contribution in [-0.4, -0.2) is 33.7 Å². The number of carboxylic acids is 1. The first-order chi connectivity index (χ1) is 9.81. The maximum absolute atomic E-state index is 13.1. The van der Waals surface area contributed by atoms with Crippen LogP contribution in [0.4, 0.5) is 10.1 Å². The van der Waals surface area contributed by atoms with Gasteiger partial charge in [-0.2, -0.15) is 11.8 Å². The Morgan fingerprint density at radius 2 is 2.19 bits per heavy atom. The number of benzene rings is 1. The fourth-order valence-electron chi connectivity index (χ4n) is 1.55. The fourth-order valence-corrected chi connectivity index (χ4v) is 2.59. The van der Waals surface area contributed by atoms with Crippen molar-refractivity contribution in [3.63, 3.8) is 0 Å². The summed E-state index contributed by atoms with van der Waals surface area (Å²) in [6.45, 7) is 1.19. The Balaban J connectivity index is 2.70. The highest BCUT2D eigenvalue weighted by molar-refractivity contribution is 7.98. The second-order valence-electron chi connectivity index (χ2n) is 4.14. The summed E-state index contributed by atoms with van der Waals surface area (Å²) in [6, 6.07) is 2.00. The number of carboxylic acid groups (broad SMARTS) is 1. The third-order valence-electron chi connectivity index (χ3n) is 2.46. The second kappa shape index (κ2) is 7.58. The number of amides is 1. The number of nitrogens with one attached hydrogen (secondary N) is 1. The van der Waals surface area contributed by atoms with Crippen molar-refractivity contribution in [2.75, 3.05) is 5.75 Å². The van der Waals surface area contributed by atoms with Crippen LogP contribution >= 0.6 is 11.8 Å². The van der Waals surface area contributed by atoms with Gasteiger partial charge in [0.05, 0.1) is 4.92 Å². The van der Waals surface area contributed by atoms with E-state index in [1.165, 1.54) is 6.92 Å². The third kappa shape index (κ3) is 5.38. The SMILES string of the molecule is CC(=O)N[C@@H](CSCc1cc(F)ccc1[N+](=O)[O-])C(=O)O. The number of nitrogens with zero attached hydrogens (tertiary/aromatic N) is 1. The van der Waals surface area contributed by atoms with Gasteiger partial charge in [0.2, 0.25) is 5.91 Å². The Morgan fingerprint density at radius 1 is 1.52 bits per heavy atom. The van der Waals surface area contributed by atoms with Crippen LogP contribution in [0.15, 0.2) is 18.2 Å². The topological polar surface area (TPSA) is 110 Å². The van der Waals surface area contributed by atoms with E-state index in [2.05, 4.69) is 5.32 Å². The summed E-state index contributed by atoms with van der Waals surface area (Å²) in [5.74, 6) is -2.21. The molecule has 114 valence electrons. The summed E-state index contributed by atoms with van der Waals surface area (Å²) >= 11 is 1.06. The number of nitro benzene ring substituents is 1. The highest BCUT2D eigenvalue weighted by Crippen LogP contribution is 2.24. The van der Waals surface area contributed by atoms with Crippen molar-refractivity contribution in [2.45, 2.75) is 18.7 Å². The normalized spacial score (nSPS) is 11.7. The molecule has 0 unspecified atom stereocenters. The minimum atomic E-state index is -1.20. The van der Waals surface area contributed by atoms with Crippen LogP contribution in [0.3, 0.4) is 0 Å². The fraction of sp³-hybridized carbons (Fsp3) is 0.333. The number of carbonyl (C=O) groups is 2. The predicted octanol–water partition coefficient (Wildman–Crippen LogP) is 1.56. The molecular weight excluding hydrogens is 303 g/mol. The molecule has 0 aliphatic carbocycles. The first-order valence-corrected chi connectivity index (χ1v) is 6.97. The van der Waals surface area contributed by atoms with E-state index in [1.807, 2.05) is 0 Å². The lowest BCUT2D eigenvalue weighted by atomic mass is 10.2. The van der Waals surface area contributed by atoms with Crippen LogP contribution < -0.4 is 5.32 Å². The molecule has 0 heterocycles. The van der Waals surface area contributed by atoms with Gasteiger partial charge in [0.25, 0.3) is 5.69 Å². The molecule has 0 fully saturated rings. The Bertz CT molecular complexity index is 567. The summed E-state index contributed by atoms with van der Waals surface area (Å²) in [6.07, 6.45) is 0. The number of aliphatic carboxylic acids is 1. The standard InChI is InChI=1S/C12H13FN2O5S/c1-7(16)14-10(12(17)18)6-21-5-8-4-9(13)2-3-11(8)15(19)20/h2-4,10H,5-6H2,1H3,(H,14,16)(H,17,18)/t10-/m0/s1. The summed E-state index contributed by atoms with van der Waals surface area (Å²) in [7, 11) is 0. The van der Waals surface area contributed by atoms with Gasteiger partial charge in [-0.25, -0.2) is 9.18 Å². The molecule has 0 aliphatic heterocycles. The Morgan fingerprint density at radius 3 is 2.71 bits per heavy atom. The first kappa shape index (κ1) is 16.9. The highest BCUT2D eigenvalue weighted by Gasteiger charge is 2.20. The van der Waals surface area contributed by atoms with Crippen LogP contribution in [0.5, 0.6) is 0 Å². The number of hydrogen-bond donors (Lipinski definition) is 2. The molecule has 0 bridgehead atoms. The van der Waals surface area contributed by atoms with Crippen LogP contribution in [0.25, 0.3) is 0 Å². The molecule has 9 heteroatoms. The van der Waals surface area contributed by atoms with Crippen molar-refractivity contribution in [3.8, 4) is 0 Å². The number of hydrogen-bond acceptors (Lipinski definition) is 5. The van der Waals surface area contributed by atoms with E-state index in [0.29, 0.717) is 0 Å². The molecule has 0 spiro atoms. The van der Waals surface area contributed by atoms with Gasteiger partial charge in [0, 0.05) is 30.1 Å². The smallest absolute Gasteiger partial charge is 0.327 e. The van der Waals surface area contributed by atoms with Gasteiger partial charge in [-0.05, 0) is 12.1 Å². The van der Waals surface area contributed by atoms with E-state index in [-0.39, 0.29) is 22.8 Å². The highest BCUT2D eigenvalue weighted by atomic mass is 32.2. The zero-order valence-corrected chi connectivity index (χ0v) is 11.9. The lowest BCUT2D eigenvalue weighted by Crippen LogP contribution is -2.41. The summed E-state index contributed by atoms with van der Waals surface area (Å²) in [5.41, 5.74) is -0.0627. The molecule has 21 heavy (non-hydrogen) atoms. The number of halogens is 1. The van der Waals surface area contributed by atoms with E-state index in [9.17, 15) is 24.1 Å². The molecule has 1 rings (SSSR count). The van der Waals surface area contributed by atoms with E-state index >= 15 is 0 Å². The van der Waals surface area contributed by atoms with Crippen molar-refractivity contribution in [3.05, 3.63) is 39.7 Å². The van der Waals surface area contributed by atoms with Crippen LogP contribution in [-0.2, 0) is 15.3 Å². The van der Waals surface area contributed by atoms with Gasteiger partial charge in [0.15, 0.2) is 0 Å². The van der Waals surface area contributed by atoms with Gasteiger partial charge in [0.1, 0.15) is 11.9 Å². The number of nitro groups is 1. The van der Waals surface area contributed by atoms with Gasteiger partial charge in [-0.1, -0.05) is 0 Å². The molecule has 1 aromatic rings. The number of thioether (sulfide) groups is 1. The summed E-state index contributed by atoms with van der Waals surface area (Å²) < 4.78 is 13.1. The Labute approximate surface area is 123 Å². The van der Waals surface area contributed by atoms with Crippen LogP contribution in [0.1, 0.15) is 12.5 Å². The molecule has 1 amide bonds. The van der Waals surface area contributed by atoms with Crippen molar-refractivity contribution in [2.24, 2.45) is 0 Å². The molecule has 0 saturated heterocycles. The predicted molar refractivity (Wildman–Crippen MR) is 74.5 cm³/mol. The quantitative estimate of drug-likeness (QED) is 0.583. The average molecular weight is 316 g/mol. The van der Waals surface area contributed by atoms with Crippen molar-refractivity contribution in [1.29, 1.82) is 0 Å². The van der Waals surface area contributed by atoms with Crippen LogP contribution in [0, 0.1) is 15.9 Å². The molecule has 1 atom stereocenters. The molecule has 0 saturated carbocycles. The van der Waals surface area contributed by atoms with Crippen LogP contribution in [0.2, 0.25) is 0 Å². The van der Waals surface area contributed by atoms with E-state index in [4.69, 9.17) is 5.11 Å². The number of rotatable bonds is 7. The summed E-state index contributed by atoms with van der Waals surface area (Å²) in [4.78, 5) is 31.9. The van der Waals surface area contributed by atoms with Crippen molar-refractivity contribution < 1.29 is 24.0 Å². The summed E-state index contributed by atoms with van der Waals surface area (Å²) in [5, 5.41) is 22.0. The molecule has 7 nitrogen and oxygen atoms in total. The average Bonchev–Trinajstić information content (AvgIpc) is 2.36. The largest absolute Gasteiger partial charge is 0.480 e. The van der Waals surface area contributed by atoms with Crippen molar-refractivity contribution >= 4 is 29.3 Å². The minimum absolute atomic E-state index is 0.0164. The van der Waals surface area contributed by atoms with E-state index < -0.39 is 28.7 Å². The molecule has 2 N–H and O–H groups in total. The van der Waals surface area contributed by atoms with Gasteiger partial charge >= 0.3 is 5.97 Å². The lowest BCUT2D eigenvalue weighted by Gasteiger charge is -2.12. The molecule has 1 aromatic carbocycles. The van der Waals surface area contributed by atoms with E-state index in [1.54, 1.807) is 0 Å². The third-order valence-corrected chi connectivity index (χ3v) is 3.54. The Kier molecular flexibility index (Phi) is 6.10. The zero-order valence-electron chi connectivity index (χ0n) is 11.0. The van der Waals surface area contributed by atoms with Crippen molar-refractivity contribution in [1.82, 2.24) is 5.32 Å². The van der Waals surface area contributed by atoms with Gasteiger partial charge in [-0.15, -0.1) is 0 Å². The number of carbonyl (C=O) groups excluding carboxylic acids is 1. The van der Waals surface area contributed by atoms with E-state index in [0.717, 1.165) is 30.0 Å². The maximum atomic E-state index is 13.1. The van der Waals surface area contributed by atoms with Gasteiger partial charge in [-0.3, -0.25) is 14.9 Å². The van der Waals surface area contributed by atoms with Gasteiger partial charge < -0.3 is 10.4 Å². The maximum Gasteiger partial charge on any atom is 0.327 e. The molecular formula is C12H13FN2O5S. The first-order valence-electron chi connectivity index (χ1n) is 5.81. The molecule has 0 aromatic heterocycles.